The van der Waals surface area contributed by atoms with Crippen LogP contribution in [-0.2, 0) is 41.6 Å². The van der Waals surface area contributed by atoms with E-state index in [0.717, 1.165) is 16.5 Å². The van der Waals surface area contributed by atoms with Gasteiger partial charge in [0.25, 0.3) is 0 Å². The van der Waals surface area contributed by atoms with E-state index in [1.54, 1.807) is 36.5 Å². The summed E-state index contributed by atoms with van der Waals surface area (Å²) in [6.45, 7) is 0. The Morgan fingerprint density at radius 2 is 1.33 bits per heavy atom. The number of aromatic amines is 1. The summed E-state index contributed by atoms with van der Waals surface area (Å²) in [6, 6.07) is 10.0. The van der Waals surface area contributed by atoms with Crippen molar-refractivity contribution < 1.29 is 39.0 Å². The second-order valence-electron chi connectivity index (χ2n) is 9.65. The van der Waals surface area contributed by atoms with Crippen LogP contribution in [0.5, 0.6) is 0 Å². The Morgan fingerprint density at radius 3 is 1.98 bits per heavy atom. The summed E-state index contributed by atoms with van der Waals surface area (Å²) in [6.07, 6.45) is 0.192. The normalized spacial score (nSPS) is 13.7. The van der Waals surface area contributed by atoms with Crippen LogP contribution in [0.2, 0.25) is 0 Å². The van der Waals surface area contributed by atoms with Gasteiger partial charge in [-0.1, -0.05) is 48.5 Å². The van der Waals surface area contributed by atoms with Crippen molar-refractivity contribution >= 4 is 46.5 Å². The number of carbonyl (C=O) groups is 6. The Labute approximate surface area is 239 Å². The molecule has 0 fully saturated rings. The second kappa shape index (κ2) is 14.4. The van der Waals surface area contributed by atoms with Gasteiger partial charge < -0.3 is 42.6 Å². The SMILES string of the molecule is NC(=O)CC(NC(=O)C(N)Cc1c[nH]c2ccccc12)C(=O)NC(Cc1ccccc1)C(=O)NC(CC(=O)O)C(=O)O. The van der Waals surface area contributed by atoms with E-state index in [1.165, 1.54) is 0 Å². The fourth-order valence-corrected chi connectivity index (χ4v) is 4.30. The van der Waals surface area contributed by atoms with E-state index >= 15 is 0 Å². The summed E-state index contributed by atoms with van der Waals surface area (Å²) in [7, 11) is 0. The number of carboxylic acid groups (broad SMARTS) is 2. The maximum absolute atomic E-state index is 13.3. The molecular formula is C28H32N6O8. The highest BCUT2D eigenvalue weighted by Gasteiger charge is 2.32. The van der Waals surface area contributed by atoms with E-state index in [9.17, 15) is 33.9 Å². The zero-order chi connectivity index (χ0) is 30.8. The molecule has 3 aromatic rings. The zero-order valence-electron chi connectivity index (χ0n) is 22.4. The van der Waals surface area contributed by atoms with Gasteiger partial charge in [0.05, 0.1) is 18.9 Å². The standard InChI is InChI=1S/C28H32N6O8/c29-18(11-16-14-31-19-9-5-4-8-17(16)19)25(38)32-21(12-23(30)35)27(40)33-20(10-15-6-2-1-3-7-15)26(39)34-22(28(41)42)13-24(36)37/h1-9,14,18,20-22,31H,10-13,29H2,(H2,30,35)(H,32,38)(H,33,40)(H,34,39)(H,36,37)(H,41,42). The van der Waals surface area contributed by atoms with Gasteiger partial charge in [0.15, 0.2) is 0 Å². The van der Waals surface area contributed by atoms with Crippen molar-refractivity contribution in [2.75, 3.05) is 0 Å². The minimum absolute atomic E-state index is 0.111. The Balaban J connectivity index is 1.76. The molecule has 3 rings (SSSR count). The number of hydrogen-bond donors (Lipinski definition) is 8. The fourth-order valence-electron chi connectivity index (χ4n) is 4.30. The Kier molecular flexibility index (Phi) is 10.7. The third-order valence-corrected chi connectivity index (χ3v) is 6.40. The summed E-state index contributed by atoms with van der Waals surface area (Å²) in [5, 5.41) is 26.2. The van der Waals surface area contributed by atoms with Crippen LogP contribution in [0.3, 0.4) is 0 Å². The van der Waals surface area contributed by atoms with Gasteiger partial charge in [0.2, 0.25) is 23.6 Å². The Morgan fingerprint density at radius 1 is 0.738 bits per heavy atom. The van der Waals surface area contributed by atoms with Crippen LogP contribution >= 0.6 is 0 Å². The van der Waals surface area contributed by atoms with Crippen LogP contribution in [0.4, 0.5) is 0 Å². The van der Waals surface area contributed by atoms with Crippen molar-refractivity contribution in [1.29, 1.82) is 0 Å². The van der Waals surface area contributed by atoms with Crippen LogP contribution < -0.4 is 27.4 Å². The number of carboxylic acids is 2. The monoisotopic (exact) mass is 580 g/mol. The molecule has 0 radical (unpaired) electrons. The summed E-state index contributed by atoms with van der Waals surface area (Å²) >= 11 is 0. The lowest BCUT2D eigenvalue weighted by Crippen LogP contribution is -2.58. The molecule has 4 unspecified atom stereocenters. The highest BCUT2D eigenvalue weighted by atomic mass is 16.4. The van der Waals surface area contributed by atoms with Gasteiger partial charge in [0.1, 0.15) is 18.1 Å². The molecule has 0 aliphatic heterocycles. The first-order chi connectivity index (χ1) is 19.9. The molecule has 2 aromatic carbocycles. The number of nitrogens with two attached hydrogens (primary N) is 2. The molecular weight excluding hydrogens is 548 g/mol. The number of hydrogen-bond acceptors (Lipinski definition) is 7. The molecule has 0 aliphatic carbocycles. The van der Waals surface area contributed by atoms with E-state index in [4.69, 9.17) is 16.6 Å². The van der Waals surface area contributed by atoms with Gasteiger partial charge in [0, 0.05) is 23.5 Å². The van der Waals surface area contributed by atoms with E-state index in [0.29, 0.717) is 5.56 Å². The van der Waals surface area contributed by atoms with Gasteiger partial charge in [-0.25, -0.2) is 4.79 Å². The lowest BCUT2D eigenvalue weighted by molar-refractivity contribution is -0.147. The lowest BCUT2D eigenvalue weighted by Gasteiger charge is -2.24. The van der Waals surface area contributed by atoms with Crippen molar-refractivity contribution in [2.24, 2.45) is 11.5 Å². The number of nitrogens with one attached hydrogen (secondary N) is 4. The topological polar surface area (TPSA) is 247 Å². The van der Waals surface area contributed by atoms with Gasteiger partial charge >= 0.3 is 11.9 Å². The maximum Gasteiger partial charge on any atom is 0.326 e. The molecule has 14 heteroatoms. The molecule has 42 heavy (non-hydrogen) atoms. The van der Waals surface area contributed by atoms with Gasteiger partial charge in [-0.3, -0.25) is 24.0 Å². The first-order valence-electron chi connectivity index (χ1n) is 12.9. The summed E-state index contributed by atoms with van der Waals surface area (Å²) in [5.41, 5.74) is 13.6. The summed E-state index contributed by atoms with van der Waals surface area (Å²) < 4.78 is 0. The van der Waals surface area contributed by atoms with Crippen LogP contribution in [0.25, 0.3) is 10.9 Å². The molecule has 0 saturated carbocycles. The Bertz CT molecular complexity index is 1460. The highest BCUT2D eigenvalue weighted by molar-refractivity contribution is 5.96. The molecule has 1 aromatic heterocycles. The average molecular weight is 581 g/mol. The third kappa shape index (κ3) is 8.89. The summed E-state index contributed by atoms with van der Waals surface area (Å²) in [4.78, 5) is 76.7. The van der Waals surface area contributed by atoms with Gasteiger partial charge in [-0.15, -0.1) is 0 Å². The smallest absolute Gasteiger partial charge is 0.326 e. The predicted octanol–water partition coefficient (Wildman–Crippen LogP) is -0.830. The Hall–Kier alpha value is -5.24. The predicted molar refractivity (Wildman–Crippen MR) is 150 cm³/mol. The quantitative estimate of drug-likeness (QED) is 0.112. The number of primary amides is 1. The number of H-pyrrole nitrogens is 1. The number of aliphatic carboxylic acids is 2. The molecule has 0 bridgehead atoms. The number of rotatable bonds is 15. The average Bonchev–Trinajstić information content (AvgIpc) is 3.34. The molecule has 1 heterocycles. The first-order valence-corrected chi connectivity index (χ1v) is 12.9. The van der Waals surface area contributed by atoms with Crippen LogP contribution in [0, 0.1) is 0 Å². The molecule has 10 N–H and O–H groups in total. The van der Waals surface area contributed by atoms with Gasteiger partial charge in [-0.05, 0) is 23.6 Å². The van der Waals surface area contributed by atoms with E-state index < -0.39 is 72.6 Å². The molecule has 4 atom stereocenters. The van der Waals surface area contributed by atoms with Crippen LogP contribution in [-0.4, -0.2) is 74.9 Å². The maximum atomic E-state index is 13.3. The molecule has 4 amide bonds. The first kappa shape index (κ1) is 31.3. The van der Waals surface area contributed by atoms with Crippen molar-refractivity contribution in [3.05, 3.63) is 71.9 Å². The number of para-hydroxylation sites is 1. The van der Waals surface area contributed by atoms with Crippen LogP contribution in [0.1, 0.15) is 24.0 Å². The number of aromatic nitrogens is 1. The number of carbonyl (C=O) groups excluding carboxylic acids is 4. The fraction of sp³-hybridized carbons (Fsp3) is 0.286. The van der Waals surface area contributed by atoms with Crippen molar-refractivity contribution in [3.63, 3.8) is 0 Å². The number of fused-ring (bicyclic) bond motifs is 1. The zero-order valence-corrected chi connectivity index (χ0v) is 22.4. The molecule has 0 spiro atoms. The van der Waals surface area contributed by atoms with Gasteiger partial charge in [-0.2, -0.15) is 0 Å². The molecule has 14 nitrogen and oxygen atoms in total. The lowest BCUT2D eigenvalue weighted by atomic mass is 10.0. The minimum Gasteiger partial charge on any atom is -0.481 e. The second-order valence-corrected chi connectivity index (χ2v) is 9.65. The van der Waals surface area contributed by atoms with E-state index in [-0.39, 0.29) is 12.8 Å². The third-order valence-electron chi connectivity index (χ3n) is 6.40. The van der Waals surface area contributed by atoms with Crippen molar-refractivity contribution in [2.45, 2.75) is 49.9 Å². The van der Waals surface area contributed by atoms with E-state index in [2.05, 4.69) is 20.9 Å². The van der Waals surface area contributed by atoms with Crippen molar-refractivity contribution in [3.8, 4) is 0 Å². The van der Waals surface area contributed by atoms with E-state index in [1.807, 2.05) is 24.3 Å². The molecule has 0 aliphatic rings. The number of benzene rings is 2. The number of amides is 4. The molecule has 0 saturated heterocycles. The van der Waals surface area contributed by atoms with Crippen molar-refractivity contribution in [1.82, 2.24) is 20.9 Å². The highest BCUT2D eigenvalue weighted by Crippen LogP contribution is 2.19. The van der Waals surface area contributed by atoms with Crippen LogP contribution in [0.15, 0.2) is 60.8 Å². The summed E-state index contributed by atoms with van der Waals surface area (Å²) in [5.74, 6) is -6.66. The molecule has 222 valence electrons. The minimum atomic E-state index is -1.77. The largest absolute Gasteiger partial charge is 0.481 e.